The molecule has 0 radical (unpaired) electrons. The van der Waals surface area contributed by atoms with E-state index < -0.39 is 17.5 Å². The molecule has 1 amide bonds. The van der Waals surface area contributed by atoms with E-state index in [1.165, 1.54) is 29.8 Å². The number of fused-ring (bicyclic) bond motifs is 2. The zero-order valence-electron chi connectivity index (χ0n) is 18.6. The van der Waals surface area contributed by atoms with Crippen LogP contribution in [0.3, 0.4) is 0 Å². The van der Waals surface area contributed by atoms with E-state index in [0.717, 1.165) is 17.7 Å². The van der Waals surface area contributed by atoms with Crippen molar-refractivity contribution < 1.29 is 18.3 Å². The van der Waals surface area contributed by atoms with Gasteiger partial charge in [0.1, 0.15) is 18.2 Å². The van der Waals surface area contributed by atoms with Crippen LogP contribution < -0.4 is 10.5 Å². The lowest BCUT2D eigenvalue weighted by Crippen LogP contribution is -2.12. The van der Waals surface area contributed by atoms with Gasteiger partial charge in [0.15, 0.2) is 0 Å². The lowest BCUT2D eigenvalue weighted by Gasteiger charge is -2.10. The first-order valence-corrected chi connectivity index (χ1v) is 10.8. The molecule has 2 aromatic carbocycles. The molecular formula is C26H25F2N3O2. The van der Waals surface area contributed by atoms with Gasteiger partial charge in [0, 0.05) is 6.07 Å². The molecule has 170 valence electrons. The lowest BCUT2D eigenvalue weighted by atomic mass is 10.1. The third kappa shape index (κ3) is 4.72. The van der Waals surface area contributed by atoms with Crippen molar-refractivity contribution in [2.24, 2.45) is 5.73 Å². The second kappa shape index (κ2) is 9.40. The number of halogens is 2. The van der Waals surface area contributed by atoms with Gasteiger partial charge in [-0.1, -0.05) is 30.3 Å². The first kappa shape index (κ1) is 22.5. The van der Waals surface area contributed by atoms with Crippen molar-refractivity contribution in [2.45, 2.75) is 39.7 Å². The minimum absolute atomic E-state index is 0.175. The number of hydrogen-bond acceptors (Lipinski definition) is 3. The Morgan fingerprint density at radius 2 is 1.67 bits per heavy atom. The SMILES string of the molecule is Cc1cc(OCc2c(F)cccc2F)n2nc(C)c(C(N)=O)c2c1.c1ccc2c(c1)CCC2. The maximum absolute atomic E-state index is 13.7. The summed E-state index contributed by atoms with van der Waals surface area (Å²) in [4.78, 5) is 11.6. The van der Waals surface area contributed by atoms with Crippen LogP contribution in [0.1, 0.15) is 44.7 Å². The molecule has 7 heteroatoms. The summed E-state index contributed by atoms with van der Waals surface area (Å²) in [5.74, 6) is -1.70. The Labute approximate surface area is 190 Å². The van der Waals surface area contributed by atoms with Gasteiger partial charge < -0.3 is 10.5 Å². The van der Waals surface area contributed by atoms with E-state index in [-0.39, 0.29) is 18.1 Å². The maximum Gasteiger partial charge on any atom is 0.252 e. The van der Waals surface area contributed by atoms with Gasteiger partial charge >= 0.3 is 0 Å². The highest BCUT2D eigenvalue weighted by atomic mass is 19.1. The van der Waals surface area contributed by atoms with Crippen LogP contribution in [0.15, 0.2) is 54.6 Å². The molecule has 1 aliphatic rings. The number of amides is 1. The summed E-state index contributed by atoms with van der Waals surface area (Å²) in [6.07, 6.45) is 3.96. The van der Waals surface area contributed by atoms with Crippen molar-refractivity contribution in [1.29, 1.82) is 0 Å². The van der Waals surface area contributed by atoms with Crippen LogP contribution in [-0.2, 0) is 19.4 Å². The largest absolute Gasteiger partial charge is 0.473 e. The molecule has 33 heavy (non-hydrogen) atoms. The zero-order chi connectivity index (χ0) is 23.5. The van der Waals surface area contributed by atoms with Gasteiger partial charge in [0.2, 0.25) is 5.88 Å². The van der Waals surface area contributed by atoms with Crippen LogP contribution in [0.4, 0.5) is 8.78 Å². The Balaban J connectivity index is 0.000000238. The molecular weight excluding hydrogens is 424 g/mol. The fourth-order valence-electron chi connectivity index (χ4n) is 4.10. The van der Waals surface area contributed by atoms with Crippen molar-refractivity contribution in [3.05, 3.63) is 99.7 Å². The van der Waals surface area contributed by atoms with E-state index in [1.54, 1.807) is 30.2 Å². The number of nitrogens with zero attached hydrogens (tertiary/aromatic N) is 2. The molecule has 2 aromatic heterocycles. The van der Waals surface area contributed by atoms with E-state index in [2.05, 4.69) is 29.4 Å². The maximum atomic E-state index is 13.7. The van der Waals surface area contributed by atoms with Gasteiger partial charge in [0.25, 0.3) is 5.91 Å². The van der Waals surface area contributed by atoms with Crippen LogP contribution in [0.25, 0.3) is 5.52 Å². The number of ether oxygens (including phenoxy) is 1. The van der Waals surface area contributed by atoms with Gasteiger partial charge in [-0.15, -0.1) is 0 Å². The highest BCUT2D eigenvalue weighted by Gasteiger charge is 2.18. The second-order valence-corrected chi connectivity index (χ2v) is 8.10. The molecule has 0 aliphatic heterocycles. The van der Waals surface area contributed by atoms with Crippen molar-refractivity contribution in [3.63, 3.8) is 0 Å². The Hall–Kier alpha value is -3.74. The summed E-state index contributed by atoms with van der Waals surface area (Å²) in [7, 11) is 0. The normalized spacial score (nSPS) is 12.2. The number of nitrogens with two attached hydrogens (primary N) is 1. The number of aromatic nitrogens is 2. The second-order valence-electron chi connectivity index (χ2n) is 8.10. The summed E-state index contributed by atoms with van der Waals surface area (Å²) >= 11 is 0. The lowest BCUT2D eigenvalue weighted by molar-refractivity contribution is 0.100. The summed E-state index contributed by atoms with van der Waals surface area (Å²) in [5.41, 5.74) is 10.4. The summed E-state index contributed by atoms with van der Waals surface area (Å²) in [5, 5.41) is 4.24. The minimum atomic E-state index is -0.687. The molecule has 5 nitrogen and oxygen atoms in total. The average Bonchev–Trinajstić information content (AvgIpc) is 3.37. The molecule has 0 fully saturated rings. The molecule has 0 saturated carbocycles. The van der Waals surface area contributed by atoms with Crippen molar-refractivity contribution in [2.75, 3.05) is 0 Å². The number of hydrogen-bond donors (Lipinski definition) is 1. The van der Waals surface area contributed by atoms with Crippen LogP contribution in [-0.4, -0.2) is 15.5 Å². The summed E-state index contributed by atoms with van der Waals surface area (Å²) < 4.78 is 34.4. The van der Waals surface area contributed by atoms with Crippen molar-refractivity contribution >= 4 is 11.4 Å². The van der Waals surface area contributed by atoms with Crippen LogP contribution >= 0.6 is 0 Å². The Kier molecular flexibility index (Phi) is 6.40. The number of rotatable bonds is 4. The number of pyridine rings is 1. The number of primary amides is 1. The molecule has 2 heterocycles. The Bertz CT molecular complexity index is 1290. The molecule has 0 saturated heterocycles. The monoisotopic (exact) mass is 449 g/mol. The van der Waals surface area contributed by atoms with Gasteiger partial charge in [-0.25, -0.2) is 8.78 Å². The fourth-order valence-corrected chi connectivity index (χ4v) is 4.10. The topological polar surface area (TPSA) is 69.6 Å². The van der Waals surface area contributed by atoms with E-state index in [4.69, 9.17) is 10.5 Å². The third-order valence-electron chi connectivity index (χ3n) is 5.70. The number of carbonyl (C=O) groups is 1. The number of carbonyl (C=O) groups excluding carboxylic acids is 1. The Morgan fingerprint density at radius 3 is 2.27 bits per heavy atom. The van der Waals surface area contributed by atoms with Gasteiger partial charge in [0.05, 0.1) is 22.3 Å². The number of benzene rings is 2. The standard InChI is InChI=1S/C17H15F2N3O2.C9H10/c1-9-6-14-16(17(20)23)10(2)21-22(14)15(7-9)24-8-11-12(18)4-3-5-13(11)19;1-2-5-9-7-3-6-8(9)4-1/h3-7H,8H2,1-2H3,(H2,20,23);1-2,4-5H,3,6-7H2. The van der Waals surface area contributed by atoms with Crippen LogP contribution in [0, 0.1) is 25.5 Å². The third-order valence-corrected chi connectivity index (χ3v) is 5.70. The molecule has 0 bridgehead atoms. The molecule has 0 unspecified atom stereocenters. The van der Waals surface area contributed by atoms with Crippen LogP contribution in [0.2, 0.25) is 0 Å². The van der Waals surface area contributed by atoms with E-state index in [9.17, 15) is 13.6 Å². The molecule has 0 spiro atoms. The van der Waals surface area contributed by atoms with Gasteiger partial charge in [-0.3, -0.25) is 4.79 Å². The molecule has 0 atom stereocenters. The minimum Gasteiger partial charge on any atom is -0.473 e. The quantitative estimate of drug-likeness (QED) is 0.472. The van der Waals surface area contributed by atoms with Gasteiger partial charge in [-0.2, -0.15) is 9.61 Å². The molecule has 1 aliphatic carbocycles. The van der Waals surface area contributed by atoms with Crippen LogP contribution in [0.5, 0.6) is 5.88 Å². The zero-order valence-corrected chi connectivity index (χ0v) is 18.6. The fraction of sp³-hybridized carbons (Fsp3) is 0.231. The Morgan fingerprint density at radius 1 is 1.03 bits per heavy atom. The predicted octanol–water partition coefficient (Wildman–Crippen LogP) is 5.08. The first-order chi connectivity index (χ1) is 15.8. The first-order valence-electron chi connectivity index (χ1n) is 10.8. The predicted molar refractivity (Wildman–Crippen MR) is 122 cm³/mol. The van der Waals surface area contributed by atoms with E-state index in [1.807, 2.05) is 6.92 Å². The smallest absolute Gasteiger partial charge is 0.252 e. The van der Waals surface area contributed by atoms with E-state index >= 15 is 0 Å². The molecule has 4 aromatic rings. The summed E-state index contributed by atoms with van der Waals surface area (Å²) in [6, 6.07) is 15.8. The highest BCUT2D eigenvalue weighted by molar-refractivity contribution is 6.01. The van der Waals surface area contributed by atoms with Crippen molar-refractivity contribution in [3.8, 4) is 5.88 Å². The van der Waals surface area contributed by atoms with E-state index in [0.29, 0.717) is 16.8 Å². The summed E-state index contributed by atoms with van der Waals surface area (Å²) in [6.45, 7) is 3.16. The molecule has 5 rings (SSSR count). The average molecular weight is 450 g/mol. The van der Waals surface area contributed by atoms with Gasteiger partial charge in [-0.05, 0) is 68.0 Å². The highest BCUT2D eigenvalue weighted by Crippen LogP contribution is 2.24. The van der Waals surface area contributed by atoms with Crippen molar-refractivity contribution in [1.82, 2.24) is 9.61 Å². The molecule has 2 N–H and O–H groups in total. The number of aryl methyl sites for hydroxylation is 4.